The molecule has 0 radical (unpaired) electrons. The van der Waals surface area contributed by atoms with Gasteiger partial charge in [-0.15, -0.1) is 0 Å². The van der Waals surface area contributed by atoms with Crippen LogP contribution in [-0.4, -0.2) is 57.2 Å². The Balaban J connectivity index is 0.000000218. The summed E-state index contributed by atoms with van der Waals surface area (Å²) in [6, 6.07) is 13.2. The SMILES string of the molecule is COCCN1C(=O)c2oc3cc(Br)ccc3c2OCC1C.COc1ccccc1CNC=O. The van der Waals surface area contributed by atoms with E-state index >= 15 is 0 Å². The van der Waals surface area contributed by atoms with Gasteiger partial charge >= 0.3 is 0 Å². The molecule has 1 aromatic heterocycles. The fourth-order valence-electron chi connectivity index (χ4n) is 3.47. The van der Waals surface area contributed by atoms with Gasteiger partial charge in [0.15, 0.2) is 5.75 Å². The van der Waals surface area contributed by atoms with Crippen LogP contribution in [0.25, 0.3) is 11.0 Å². The number of methoxy groups -OCH3 is 2. The molecule has 1 aliphatic heterocycles. The number of para-hydroxylation sites is 1. The molecule has 0 saturated heterocycles. The van der Waals surface area contributed by atoms with Gasteiger partial charge in [-0.1, -0.05) is 34.1 Å². The van der Waals surface area contributed by atoms with Crippen LogP contribution in [0.5, 0.6) is 11.5 Å². The highest BCUT2D eigenvalue weighted by molar-refractivity contribution is 9.10. The number of furan rings is 1. The Kier molecular flexibility index (Phi) is 8.73. The molecule has 2 aromatic carbocycles. The van der Waals surface area contributed by atoms with E-state index in [1.807, 2.05) is 49.4 Å². The van der Waals surface area contributed by atoms with E-state index in [0.717, 1.165) is 21.2 Å². The van der Waals surface area contributed by atoms with Crippen LogP contribution < -0.4 is 14.8 Å². The number of ether oxygens (including phenoxy) is 3. The van der Waals surface area contributed by atoms with Crippen LogP contribution in [-0.2, 0) is 16.1 Å². The third kappa shape index (κ3) is 5.85. The molecule has 2 heterocycles. The molecule has 1 aliphatic rings. The summed E-state index contributed by atoms with van der Waals surface area (Å²) in [7, 11) is 3.23. The average molecular weight is 519 g/mol. The maximum absolute atomic E-state index is 12.7. The van der Waals surface area contributed by atoms with Gasteiger partial charge in [-0.2, -0.15) is 0 Å². The van der Waals surface area contributed by atoms with Crippen molar-refractivity contribution >= 4 is 39.2 Å². The van der Waals surface area contributed by atoms with Gasteiger partial charge in [-0.25, -0.2) is 0 Å². The summed E-state index contributed by atoms with van der Waals surface area (Å²) in [5.41, 5.74) is 1.62. The van der Waals surface area contributed by atoms with E-state index in [2.05, 4.69) is 21.2 Å². The van der Waals surface area contributed by atoms with Crippen LogP contribution in [0.3, 0.4) is 0 Å². The lowest BCUT2D eigenvalue weighted by Crippen LogP contribution is -2.41. The summed E-state index contributed by atoms with van der Waals surface area (Å²) in [5.74, 6) is 1.45. The molecule has 3 aromatic rings. The molecule has 1 atom stereocenters. The van der Waals surface area contributed by atoms with Gasteiger partial charge in [0.1, 0.15) is 17.9 Å². The molecule has 9 heteroatoms. The van der Waals surface area contributed by atoms with E-state index in [9.17, 15) is 9.59 Å². The first kappa shape index (κ1) is 24.6. The fourth-order valence-corrected chi connectivity index (χ4v) is 3.81. The van der Waals surface area contributed by atoms with Gasteiger partial charge in [0.2, 0.25) is 12.2 Å². The molecule has 176 valence electrons. The van der Waals surface area contributed by atoms with Crippen molar-refractivity contribution in [3.05, 3.63) is 58.3 Å². The van der Waals surface area contributed by atoms with Crippen molar-refractivity contribution < 1.29 is 28.2 Å². The standard InChI is InChI=1S/C15H16BrNO4.C9H11NO2/c1-9-8-20-13-11-4-3-10(16)7-12(11)21-14(13)15(18)17(9)5-6-19-2;1-12-9-5-3-2-4-8(9)6-10-7-11/h3-4,7,9H,5-6,8H2,1-2H3;2-5,7H,6H2,1H3,(H,10,11). The predicted octanol–water partition coefficient (Wildman–Crippen LogP) is 4.01. The quantitative estimate of drug-likeness (QED) is 0.475. The van der Waals surface area contributed by atoms with Crippen molar-refractivity contribution in [2.75, 3.05) is 34.0 Å². The predicted molar refractivity (Wildman–Crippen MR) is 128 cm³/mol. The number of carbonyl (C=O) groups excluding carboxylic acids is 2. The first-order valence-electron chi connectivity index (χ1n) is 10.4. The number of benzene rings is 2. The second-order valence-electron chi connectivity index (χ2n) is 7.36. The third-order valence-electron chi connectivity index (χ3n) is 5.17. The molecule has 33 heavy (non-hydrogen) atoms. The zero-order chi connectivity index (χ0) is 23.8. The molecular weight excluding hydrogens is 492 g/mol. The summed E-state index contributed by atoms with van der Waals surface area (Å²) in [4.78, 5) is 24.4. The van der Waals surface area contributed by atoms with Gasteiger partial charge in [-0.3, -0.25) is 9.59 Å². The minimum atomic E-state index is -0.153. The van der Waals surface area contributed by atoms with Crippen LogP contribution in [0.2, 0.25) is 0 Å². The number of hydrogen-bond acceptors (Lipinski definition) is 6. The number of rotatable bonds is 7. The molecule has 0 fully saturated rings. The van der Waals surface area contributed by atoms with Crippen LogP contribution in [0.1, 0.15) is 23.0 Å². The Morgan fingerprint density at radius 1 is 1.24 bits per heavy atom. The minimum absolute atomic E-state index is 0.0271. The van der Waals surface area contributed by atoms with Crippen molar-refractivity contribution in [2.45, 2.75) is 19.5 Å². The number of nitrogens with zero attached hydrogens (tertiary/aromatic N) is 1. The van der Waals surface area contributed by atoms with E-state index < -0.39 is 0 Å². The zero-order valence-electron chi connectivity index (χ0n) is 18.8. The van der Waals surface area contributed by atoms with E-state index in [-0.39, 0.29) is 17.7 Å². The Morgan fingerprint density at radius 3 is 2.76 bits per heavy atom. The zero-order valence-corrected chi connectivity index (χ0v) is 20.4. The molecular formula is C24H27BrN2O6. The molecule has 4 rings (SSSR count). The lowest BCUT2D eigenvalue weighted by Gasteiger charge is -2.25. The second kappa shape index (κ2) is 11.7. The number of amides is 2. The monoisotopic (exact) mass is 518 g/mol. The lowest BCUT2D eigenvalue weighted by molar-refractivity contribution is -0.109. The van der Waals surface area contributed by atoms with Crippen molar-refractivity contribution in [3.63, 3.8) is 0 Å². The van der Waals surface area contributed by atoms with E-state index in [4.69, 9.17) is 18.6 Å². The van der Waals surface area contributed by atoms with Gasteiger partial charge in [0.25, 0.3) is 5.91 Å². The highest BCUT2D eigenvalue weighted by Crippen LogP contribution is 2.37. The highest BCUT2D eigenvalue weighted by Gasteiger charge is 2.33. The molecule has 1 unspecified atom stereocenters. The lowest BCUT2D eigenvalue weighted by atomic mass is 10.2. The van der Waals surface area contributed by atoms with E-state index in [1.165, 1.54) is 0 Å². The molecule has 1 N–H and O–H groups in total. The molecule has 0 bridgehead atoms. The molecule has 0 spiro atoms. The van der Waals surface area contributed by atoms with Crippen molar-refractivity contribution in [3.8, 4) is 11.5 Å². The van der Waals surface area contributed by atoms with Crippen LogP contribution >= 0.6 is 15.9 Å². The fraction of sp³-hybridized carbons (Fsp3) is 0.333. The second-order valence-corrected chi connectivity index (χ2v) is 8.28. The number of carbonyl (C=O) groups is 2. The van der Waals surface area contributed by atoms with Crippen LogP contribution in [0.4, 0.5) is 0 Å². The van der Waals surface area contributed by atoms with Gasteiger partial charge in [-0.05, 0) is 31.2 Å². The maximum atomic E-state index is 12.7. The summed E-state index contributed by atoms with van der Waals surface area (Å²) in [6.07, 6.45) is 0.673. The summed E-state index contributed by atoms with van der Waals surface area (Å²) >= 11 is 3.40. The third-order valence-corrected chi connectivity index (χ3v) is 5.66. The summed E-state index contributed by atoms with van der Waals surface area (Å²) in [5, 5.41) is 3.40. The Labute approximate surface area is 200 Å². The molecule has 2 amide bonds. The van der Waals surface area contributed by atoms with Gasteiger partial charge in [0.05, 0.1) is 25.1 Å². The summed E-state index contributed by atoms with van der Waals surface area (Å²) in [6.45, 7) is 3.90. The van der Waals surface area contributed by atoms with Crippen LogP contribution in [0, 0.1) is 0 Å². The highest BCUT2D eigenvalue weighted by atomic mass is 79.9. The molecule has 0 saturated carbocycles. The summed E-state index contributed by atoms with van der Waals surface area (Å²) < 4.78 is 22.6. The van der Waals surface area contributed by atoms with Gasteiger partial charge in [0, 0.05) is 30.2 Å². The van der Waals surface area contributed by atoms with Crippen molar-refractivity contribution in [1.82, 2.24) is 10.2 Å². The molecule has 8 nitrogen and oxygen atoms in total. The van der Waals surface area contributed by atoms with E-state index in [0.29, 0.717) is 44.0 Å². The maximum Gasteiger partial charge on any atom is 0.293 e. The average Bonchev–Trinajstić information content (AvgIpc) is 3.14. The number of halogens is 1. The van der Waals surface area contributed by atoms with Gasteiger partial charge < -0.3 is 28.8 Å². The van der Waals surface area contributed by atoms with Crippen LogP contribution in [0.15, 0.2) is 51.4 Å². The largest absolute Gasteiger partial charge is 0.496 e. The Morgan fingerprint density at radius 2 is 2.03 bits per heavy atom. The minimum Gasteiger partial charge on any atom is -0.496 e. The first-order valence-corrected chi connectivity index (χ1v) is 11.2. The van der Waals surface area contributed by atoms with Crippen molar-refractivity contribution in [2.24, 2.45) is 0 Å². The van der Waals surface area contributed by atoms with E-state index in [1.54, 1.807) is 19.1 Å². The first-order chi connectivity index (χ1) is 16.0. The van der Waals surface area contributed by atoms with Crippen molar-refractivity contribution in [1.29, 1.82) is 0 Å². The smallest absolute Gasteiger partial charge is 0.293 e. The normalized spacial score (nSPS) is 15.1. The number of fused-ring (bicyclic) bond motifs is 3. The Hall–Kier alpha value is -3.04. The topological polar surface area (TPSA) is 90.2 Å². The number of hydrogen-bond donors (Lipinski definition) is 1. The molecule has 0 aliphatic carbocycles. The number of nitrogens with one attached hydrogen (secondary N) is 1. The Bertz CT molecular complexity index is 1100.